The SMILES string of the molecule is C#Cc1ccc2c(c1)C(c1ccccc1F)=N[C@H](C)c1c(-c3nc(C)no3)ncn1-2. The summed E-state index contributed by atoms with van der Waals surface area (Å²) in [6, 6.07) is 11.8. The van der Waals surface area contributed by atoms with E-state index in [1.165, 1.54) is 6.07 Å². The number of fused-ring (bicyclic) bond motifs is 3. The normalized spacial score (nSPS) is 15.0. The monoisotopic (exact) mass is 397 g/mol. The summed E-state index contributed by atoms with van der Waals surface area (Å²) in [6.45, 7) is 3.67. The van der Waals surface area contributed by atoms with Crippen LogP contribution < -0.4 is 0 Å². The number of benzene rings is 2. The van der Waals surface area contributed by atoms with Crippen molar-refractivity contribution in [3.05, 3.63) is 82.8 Å². The predicted molar refractivity (Wildman–Crippen MR) is 110 cm³/mol. The number of nitrogens with zero attached hydrogens (tertiary/aromatic N) is 5. The molecular weight excluding hydrogens is 381 g/mol. The van der Waals surface area contributed by atoms with Gasteiger partial charge in [-0.25, -0.2) is 9.37 Å². The van der Waals surface area contributed by atoms with E-state index in [0.29, 0.717) is 34.2 Å². The fourth-order valence-electron chi connectivity index (χ4n) is 3.72. The highest BCUT2D eigenvalue weighted by atomic mass is 19.1. The average molecular weight is 397 g/mol. The zero-order valence-electron chi connectivity index (χ0n) is 16.3. The number of rotatable bonds is 2. The van der Waals surface area contributed by atoms with E-state index in [1.807, 2.05) is 29.7 Å². The number of hydrogen-bond acceptors (Lipinski definition) is 5. The number of terminal acetylenes is 1. The number of imidazole rings is 1. The van der Waals surface area contributed by atoms with Crippen molar-refractivity contribution in [1.29, 1.82) is 0 Å². The molecule has 1 aliphatic heterocycles. The van der Waals surface area contributed by atoms with Gasteiger partial charge in [0, 0.05) is 16.7 Å². The number of aryl methyl sites for hydroxylation is 1. The first-order valence-corrected chi connectivity index (χ1v) is 9.39. The molecule has 5 rings (SSSR count). The molecule has 2 aromatic heterocycles. The lowest BCUT2D eigenvalue weighted by atomic mass is 9.98. The van der Waals surface area contributed by atoms with Crippen LogP contribution in [-0.4, -0.2) is 25.4 Å². The van der Waals surface area contributed by atoms with Crippen LogP contribution in [0.4, 0.5) is 4.39 Å². The van der Waals surface area contributed by atoms with Crippen LogP contribution in [0.1, 0.15) is 41.2 Å². The first-order chi connectivity index (χ1) is 14.6. The topological polar surface area (TPSA) is 69.1 Å². The molecule has 4 aromatic rings. The van der Waals surface area contributed by atoms with Gasteiger partial charge in [-0.15, -0.1) is 6.42 Å². The molecule has 2 aromatic carbocycles. The molecule has 30 heavy (non-hydrogen) atoms. The molecule has 7 heteroatoms. The Morgan fingerprint density at radius 1 is 1.17 bits per heavy atom. The molecule has 0 unspecified atom stereocenters. The highest BCUT2D eigenvalue weighted by Crippen LogP contribution is 2.36. The maximum Gasteiger partial charge on any atom is 0.278 e. The van der Waals surface area contributed by atoms with Gasteiger partial charge in [-0.2, -0.15) is 4.98 Å². The second-order valence-corrected chi connectivity index (χ2v) is 7.00. The summed E-state index contributed by atoms with van der Waals surface area (Å²) >= 11 is 0. The lowest BCUT2D eigenvalue weighted by Crippen LogP contribution is -2.09. The molecule has 0 N–H and O–H groups in total. The second-order valence-electron chi connectivity index (χ2n) is 7.00. The first-order valence-electron chi connectivity index (χ1n) is 9.39. The fourth-order valence-corrected chi connectivity index (χ4v) is 3.72. The maximum atomic E-state index is 14.7. The van der Waals surface area contributed by atoms with E-state index >= 15 is 0 Å². The van der Waals surface area contributed by atoms with Crippen LogP contribution in [0.2, 0.25) is 0 Å². The third-order valence-corrected chi connectivity index (χ3v) is 5.06. The number of aliphatic imine (C=N–C) groups is 1. The van der Waals surface area contributed by atoms with Gasteiger partial charge in [0.05, 0.1) is 23.1 Å². The van der Waals surface area contributed by atoms with E-state index in [1.54, 1.807) is 31.5 Å². The summed E-state index contributed by atoms with van der Waals surface area (Å²) in [7, 11) is 0. The minimum atomic E-state index is -0.356. The molecule has 0 radical (unpaired) electrons. The van der Waals surface area contributed by atoms with Crippen LogP contribution >= 0.6 is 0 Å². The van der Waals surface area contributed by atoms with Gasteiger partial charge >= 0.3 is 0 Å². The van der Waals surface area contributed by atoms with Crippen molar-refractivity contribution in [3.8, 4) is 29.6 Å². The number of hydrogen-bond donors (Lipinski definition) is 0. The molecule has 6 nitrogen and oxygen atoms in total. The molecule has 146 valence electrons. The molecule has 0 bridgehead atoms. The summed E-state index contributed by atoms with van der Waals surface area (Å²) in [5, 5.41) is 3.87. The minimum absolute atomic E-state index is 0.319. The average Bonchev–Trinajstić information content (AvgIpc) is 3.35. The van der Waals surface area contributed by atoms with Crippen molar-refractivity contribution < 1.29 is 8.91 Å². The van der Waals surface area contributed by atoms with Gasteiger partial charge in [-0.05, 0) is 44.2 Å². The second kappa shape index (κ2) is 6.78. The van der Waals surface area contributed by atoms with E-state index in [4.69, 9.17) is 15.9 Å². The fraction of sp³-hybridized carbons (Fsp3) is 0.130. The molecule has 0 spiro atoms. The molecule has 0 saturated carbocycles. The van der Waals surface area contributed by atoms with Gasteiger partial charge in [0.25, 0.3) is 5.89 Å². The lowest BCUT2D eigenvalue weighted by Gasteiger charge is -2.12. The number of aromatic nitrogens is 4. The van der Waals surface area contributed by atoms with Crippen LogP contribution in [0.5, 0.6) is 0 Å². The summed E-state index contributed by atoms with van der Waals surface area (Å²) < 4.78 is 22.0. The Balaban J connectivity index is 1.81. The van der Waals surface area contributed by atoms with Crippen molar-refractivity contribution in [2.75, 3.05) is 0 Å². The lowest BCUT2D eigenvalue weighted by molar-refractivity contribution is 0.424. The van der Waals surface area contributed by atoms with Crippen molar-refractivity contribution in [2.24, 2.45) is 4.99 Å². The Labute approximate surface area is 172 Å². The molecule has 0 aliphatic carbocycles. The Hall–Kier alpha value is -4.05. The maximum absolute atomic E-state index is 14.7. The standard InChI is InChI=1S/C23H16FN5O/c1-4-15-9-10-19-17(11-15)20(16-7-5-6-8-18(16)24)26-13(2)22-21(25-12-29(19)22)23-27-14(3)28-30-23/h1,5-13H,2-3H3/t13-/m1/s1. The summed E-state index contributed by atoms with van der Waals surface area (Å²) in [6.07, 6.45) is 7.32. The molecule has 0 saturated heterocycles. The molecule has 3 heterocycles. The van der Waals surface area contributed by atoms with Gasteiger partial charge in [-0.3, -0.25) is 9.56 Å². The Bertz CT molecular complexity index is 1360. The molecule has 1 atom stereocenters. The van der Waals surface area contributed by atoms with E-state index in [9.17, 15) is 4.39 Å². The highest BCUT2D eigenvalue weighted by Gasteiger charge is 2.29. The summed E-state index contributed by atoms with van der Waals surface area (Å²) in [4.78, 5) is 13.7. The van der Waals surface area contributed by atoms with Gasteiger partial charge in [-0.1, -0.05) is 23.2 Å². The van der Waals surface area contributed by atoms with Crippen LogP contribution in [0.25, 0.3) is 17.3 Å². The van der Waals surface area contributed by atoms with Gasteiger partial charge in [0.1, 0.15) is 12.1 Å². The van der Waals surface area contributed by atoms with E-state index < -0.39 is 0 Å². The molecule has 0 amide bonds. The van der Waals surface area contributed by atoms with E-state index in [2.05, 4.69) is 21.0 Å². The summed E-state index contributed by atoms with van der Waals surface area (Å²) in [5.74, 6) is 3.13. The van der Waals surface area contributed by atoms with Gasteiger partial charge in [0.15, 0.2) is 11.5 Å². The van der Waals surface area contributed by atoms with Crippen LogP contribution in [-0.2, 0) is 0 Å². The molecular formula is C23H16FN5O. The molecule has 0 fully saturated rings. The highest BCUT2D eigenvalue weighted by molar-refractivity contribution is 6.15. The molecule has 1 aliphatic rings. The van der Waals surface area contributed by atoms with Crippen molar-refractivity contribution >= 4 is 5.71 Å². The van der Waals surface area contributed by atoms with Crippen LogP contribution in [0.15, 0.2) is 58.3 Å². The number of halogens is 1. The Morgan fingerprint density at radius 2 is 2.00 bits per heavy atom. The van der Waals surface area contributed by atoms with Crippen LogP contribution in [0.3, 0.4) is 0 Å². The smallest absolute Gasteiger partial charge is 0.278 e. The Kier molecular flexibility index (Phi) is 4.07. The van der Waals surface area contributed by atoms with Gasteiger partial charge in [0.2, 0.25) is 0 Å². The van der Waals surface area contributed by atoms with Crippen LogP contribution in [0, 0.1) is 25.1 Å². The van der Waals surface area contributed by atoms with Crippen molar-refractivity contribution in [1.82, 2.24) is 19.7 Å². The predicted octanol–water partition coefficient (Wildman–Crippen LogP) is 4.26. The van der Waals surface area contributed by atoms with Crippen molar-refractivity contribution in [3.63, 3.8) is 0 Å². The quantitative estimate of drug-likeness (QED) is 0.474. The third kappa shape index (κ3) is 2.73. The zero-order chi connectivity index (χ0) is 20.8. The Morgan fingerprint density at radius 3 is 2.73 bits per heavy atom. The third-order valence-electron chi connectivity index (χ3n) is 5.06. The van der Waals surface area contributed by atoms with E-state index in [-0.39, 0.29) is 11.9 Å². The van der Waals surface area contributed by atoms with E-state index in [0.717, 1.165) is 16.9 Å². The summed E-state index contributed by atoms with van der Waals surface area (Å²) in [5.41, 5.74) is 4.48. The zero-order valence-corrected chi connectivity index (χ0v) is 16.3. The minimum Gasteiger partial charge on any atom is -0.332 e. The first kappa shape index (κ1) is 18.0. The largest absolute Gasteiger partial charge is 0.332 e. The van der Waals surface area contributed by atoms with Gasteiger partial charge < -0.3 is 4.52 Å². The van der Waals surface area contributed by atoms with Crippen molar-refractivity contribution in [2.45, 2.75) is 19.9 Å².